The van der Waals surface area contributed by atoms with E-state index in [4.69, 9.17) is 20.9 Å². The zero-order valence-corrected chi connectivity index (χ0v) is 17.4. The van der Waals surface area contributed by atoms with Crippen molar-refractivity contribution in [3.05, 3.63) is 47.3 Å². The van der Waals surface area contributed by atoms with Crippen molar-refractivity contribution in [2.45, 2.75) is 31.2 Å². The van der Waals surface area contributed by atoms with Gasteiger partial charge in [-0.05, 0) is 38.1 Å². The molecule has 0 spiro atoms. The summed E-state index contributed by atoms with van der Waals surface area (Å²) in [7, 11) is 1.39. The van der Waals surface area contributed by atoms with E-state index in [2.05, 4.69) is 15.3 Å². The number of nitrogen functional groups attached to an aromatic ring is 1. The lowest BCUT2D eigenvalue weighted by Gasteiger charge is -2.41. The number of alkyl halides is 3. The number of carbonyl (C=O) groups excluding carboxylic acids is 1. The van der Waals surface area contributed by atoms with E-state index in [0.717, 1.165) is 13.0 Å². The summed E-state index contributed by atoms with van der Waals surface area (Å²) in [6.45, 7) is 1.55. The van der Waals surface area contributed by atoms with Crippen molar-refractivity contribution in [2.24, 2.45) is 10.7 Å². The Hall–Kier alpha value is -3.41. The van der Waals surface area contributed by atoms with Crippen molar-refractivity contribution in [1.29, 1.82) is 0 Å². The summed E-state index contributed by atoms with van der Waals surface area (Å²) in [5, 5.41) is 2.55. The summed E-state index contributed by atoms with van der Waals surface area (Å²) in [6.07, 6.45) is -4.80. The lowest BCUT2D eigenvalue weighted by molar-refractivity contribution is -0.249. The van der Waals surface area contributed by atoms with Crippen LogP contribution in [0, 0.1) is 5.82 Å². The molecule has 1 aromatic heterocycles. The number of anilines is 2. The Morgan fingerprint density at radius 1 is 1.22 bits per heavy atom. The Morgan fingerprint density at radius 2 is 1.91 bits per heavy atom. The number of nitrogens with two attached hydrogens (primary N) is 2. The van der Waals surface area contributed by atoms with Gasteiger partial charge in [-0.1, -0.05) is 0 Å². The van der Waals surface area contributed by atoms with Crippen LogP contribution in [-0.4, -0.2) is 42.2 Å². The number of aliphatic imine (C=N–C) groups is 1. The number of pyridine rings is 1. The molecule has 0 fully saturated rings. The molecular weight excluding hydrogens is 434 g/mol. The Balaban J connectivity index is 1.92. The van der Waals surface area contributed by atoms with Crippen LogP contribution < -0.4 is 21.5 Å². The second-order valence-electron chi connectivity index (χ2n) is 7.53. The molecule has 5 N–H and O–H groups in total. The number of hydrogen-bond donors (Lipinski definition) is 3. The topological polar surface area (TPSA) is 125 Å². The van der Waals surface area contributed by atoms with E-state index in [-0.39, 0.29) is 28.5 Å². The second-order valence-corrected chi connectivity index (χ2v) is 7.53. The van der Waals surface area contributed by atoms with E-state index in [1.54, 1.807) is 0 Å². The number of amidine groups is 1. The van der Waals surface area contributed by atoms with Gasteiger partial charge in [-0.15, -0.1) is 0 Å². The number of amides is 1. The van der Waals surface area contributed by atoms with Crippen LogP contribution in [0.4, 0.5) is 29.1 Å². The Bertz CT molecular complexity index is 1090. The van der Waals surface area contributed by atoms with Crippen LogP contribution in [0.5, 0.6) is 5.88 Å². The van der Waals surface area contributed by atoms with E-state index in [1.165, 1.54) is 38.3 Å². The number of halogens is 4. The smallest absolute Gasteiger partial charge is 0.424 e. The largest absolute Gasteiger partial charge is 0.481 e. The van der Waals surface area contributed by atoms with Crippen molar-refractivity contribution >= 4 is 23.2 Å². The van der Waals surface area contributed by atoms with Gasteiger partial charge in [-0.3, -0.25) is 9.79 Å². The molecule has 2 atom stereocenters. The zero-order valence-electron chi connectivity index (χ0n) is 17.4. The van der Waals surface area contributed by atoms with Crippen LogP contribution in [0.25, 0.3) is 0 Å². The second kappa shape index (κ2) is 7.93. The van der Waals surface area contributed by atoms with Crippen molar-refractivity contribution in [2.75, 3.05) is 24.8 Å². The minimum absolute atomic E-state index is 0.0482. The highest BCUT2D eigenvalue weighted by Gasteiger charge is 2.59. The average molecular weight is 455 g/mol. The Morgan fingerprint density at radius 3 is 2.47 bits per heavy atom. The maximum Gasteiger partial charge on any atom is 0.424 e. The standard InChI is InChI=1S/C20H21F4N5O3/c1-18(9-32-19(2,17(26)29-18)20(22,23)24)12-8-10(4-6-13(12)21)27-16(30)11-5-7-14(31-3)28-15(11)25/h4-8H,9H2,1-3H3,(H2,25,28)(H2,26,29)(H,27,30). The molecule has 172 valence electrons. The van der Waals surface area contributed by atoms with Crippen LogP contribution >= 0.6 is 0 Å². The first-order valence-electron chi connectivity index (χ1n) is 9.29. The van der Waals surface area contributed by atoms with Gasteiger partial charge in [0.05, 0.1) is 19.3 Å². The third-order valence-electron chi connectivity index (χ3n) is 5.20. The fourth-order valence-electron chi connectivity index (χ4n) is 3.10. The summed E-state index contributed by atoms with van der Waals surface area (Å²) in [4.78, 5) is 20.4. The summed E-state index contributed by atoms with van der Waals surface area (Å²) >= 11 is 0. The maximum atomic E-state index is 14.6. The number of rotatable bonds is 4. The van der Waals surface area contributed by atoms with Gasteiger partial charge >= 0.3 is 6.18 Å². The van der Waals surface area contributed by atoms with Gasteiger partial charge in [0.15, 0.2) is 0 Å². The molecule has 2 aromatic rings. The molecule has 0 radical (unpaired) electrons. The number of nitrogens with zero attached hydrogens (tertiary/aromatic N) is 2. The van der Waals surface area contributed by atoms with Crippen molar-refractivity contribution in [1.82, 2.24) is 4.98 Å². The fourth-order valence-corrected chi connectivity index (χ4v) is 3.10. The van der Waals surface area contributed by atoms with Crippen LogP contribution in [0.1, 0.15) is 29.8 Å². The van der Waals surface area contributed by atoms with Crippen LogP contribution in [0.2, 0.25) is 0 Å². The van der Waals surface area contributed by atoms with Crippen LogP contribution in [-0.2, 0) is 10.3 Å². The average Bonchev–Trinajstić information content (AvgIpc) is 2.71. The number of aromatic nitrogens is 1. The predicted octanol–water partition coefficient (Wildman–Crippen LogP) is 2.99. The van der Waals surface area contributed by atoms with Crippen molar-refractivity contribution in [3.8, 4) is 5.88 Å². The van der Waals surface area contributed by atoms with E-state index < -0.39 is 41.5 Å². The molecule has 8 nitrogen and oxygen atoms in total. The highest BCUT2D eigenvalue weighted by molar-refractivity contribution is 6.07. The molecule has 2 heterocycles. The molecule has 1 aromatic carbocycles. The van der Waals surface area contributed by atoms with Gasteiger partial charge in [-0.25, -0.2) is 4.39 Å². The lowest BCUT2D eigenvalue weighted by atomic mass is 9.89. The first kappa shape index (κ1) is 23.3. The van der Waals surface area contributed by atoms with Gasteiger partial charge in [-0.2, -0.15) is 18.2 Å². The monoisotopic (exact) mass is 455 g/mol. The Labute approximate surface area is 180 Å². The van der Waals surface area contributed by atoms with Gasteiger partial charge in [0, 0.05) is 17.3 Å². The number of carbonyl (C=O) groups is 1. The van der Waals surface area contributed by atoms with Gasteiger partial charge in [0.2, 0.25) is 11.5 Å². The fraction of sp³-hybridized carbons (Fsp3) is 0.350. The SMILES string of the molecule is COc1ccc(C(=O)Nc2ccc(F)c(C3(C)COC(C)(C(F)(F)F)C(N)=N3)c2)c(N)n1. The molecule has 1 aliphatic heterocycles. The number of nitrogens with one attached hydrogen (secondary N) is 1. The number of ether oxygens (including phenoxy) is 2. The van der Waals surface area contributed by atoms with Crippen LogP contribution in [0.15, 0.2) is 35.3 Å². The van der Waals surface area contributed by atoms with Gasteiger partial charge in [0.25, 0.3) is 5.91 Å². The zero-order chi connectivity index (χ0) is 23.9. The van der Waals surface area contributed by atoms with Crippen molar-refractivity contribution < 1.29 is 31.8 Å². The minimum atomic E-state index is -4.80. The number of methoxy groups -OCH3 is 1. The number of hydrogen-bond acceptors (Lipinski definition) is 7. The number of benzene rings is 1. The van der Waals surface area contributed by atoms with E-state index >= 15 is 0 Å². The maximum absolute atomic E-state index is 14.6. The first-order valence-corrected chi connectivity index (χ1v) is 9.29. The molecule has 32 heavy (non-hydrogen) atoms. The normalized spacial score (nSPS) is 23.4. The summed E-state index contributed by atoms with van der Waals surface area (Å²) in [5.41, 5.74) is 7.10. The minimum Gasteiger partial charge on any atom is -0.481 e. The Kier molecular flexibility index (Phi) is 5.77. The molecule has 0 aliphatic carbocycles. The molecule has 3 rings (SSSR count). The summed E-state index contributed by atoms with van der Waals surface area (Å²) in [6, 6.07) is 6.42. The van der Waals surface area contributed by atoms with Crippen molar-refractivity contribution in [3.63, 3.8) is 0 Å². The molecule has 1 aliphatic rings. The molecular formula is C20H21F4N5O3. The predicted molar refractivity (Wildman–Crippen MR) is 109 cm³/mol. The molecule has 1 amide bonds. The van der Waals surface area contributed by atoms with E-state index in [9.17, 15) is 22.4 Å². The third-order valence-corrected chi connectivity index (χ3v) is 5.20. The van der Waals surface area contributed by atoms with Gasteiger partial charge in [0.1, 0.15) is 23.0 Å². The van der Waals surface area contributed by atoms with Crippen LogP contribution in [0.3, 0.4) is 0 Å². The molecule has 12 heteroatoms. The van der Waals surface area contributed by atoms with E-state index in [1.807, 2.05) is 0 Å². The molecule has 2 unspecified atom stereocenters. The molecule has 0 saturated carbocycles. The summed E-state index contributed by atoms with van der Waals surface area (Å²) in [5.74, 6) is -2.08. The molecule has 0 bridgehead atoms. The molecule has 0 saturated heterocycles. The van der Waals surface area contributed by atoms with Gasteiger partial charge < -0.3 is 26.3 Å². The quantitative estimate of drug-likeness (QED) is 0.609. The van der Waals surface area contributed by atoms with E-state index in [0.29, 0.717) is 0 Å². The summed E-state index contributed by atoms with van der Waals surface area (Å²) < 4.78 is 64.6. The highest BCUT2D eigenvalue weighted by Crippen LogP contribution is 2.41. The lowest BCUT2D eigenvalue weighted by Crippen LogP contribution is -2.60. The highest BCUT2D eigenvalue weighted by atomic mass is 19.4. The third kappa shape index (κ3) is 4.05. The first-order chi connectivity index (χ1) is 14.8.